The van der Waals surface area contributed by atoms with E-state index in [9.17, 15) is 18.0 Å². The lowest BCUT2D eigenvalue weighted by molar-refractivity contribution is -0.184. The molecule has 1 amide bonds. The summed E-state index contributed by atoms with van der Waals surface area (Å²) in [4.78, 5) is 12.0. The third-order valence-corrected chi connectivity index (χ3v) is 3.96. The van der Waals surface area contributed by atoms with Crippen LogP contribution in [-0.2, 0) is 11.3 Å². The monoisotopic (exact) mass is 301 g/mol. The van der Waals surface area contributed by atoms with E-state index in [1.807, 2.05) is 0 Å². The van der Waals surface area contributed by atoms with Gasteiger partial charge in [-0.2, -0.15) is 13.2 Å². The number of phenols is 1. The standard InChI is InChI=1S/C15H18F3NO2/c16-15(17,18)12-5-3-11(4-6-12)14(21)19-9-10-1-7-13(20)8-2-10/h1-2,7-8,11-12,20H,3-6,9H2,(H,19,21). The molecule has 0 atom stereocenters. The largest absolute Gasteiger partial charge is 0.508 e. The Morgan fingerprint density at radius 3 is 2.24 bits per heavy atom. The molecule has 0 saturated heterocycles. The highest BCUT2D eigenvalue weighted by Gasteiger charge is 2.42. The predicted molar refractivity (Wildman–Crippen MR) is 71.5 cm³/mol. The van der Waals surface area contributed by atoms with Crippen LogP contribution in [0.4, 0.5) is 13.2 Å². The topological polar surface area (TPSA) is 49.3 Å². The van der Waals surface area contributed by atoms with Gasteiger partial charge in [-0.3, -0.25) is 4.79 Å². The number of aromatic hydroxyl groups is 1. The number of rotatable bonds is 3. The van der Waals surface area contributed by atoms with Gasteiger partial charge in [0.1, 0.15) is 5.75 Å². The van der Waals surface area contributed by atoms with E-state index in [0.29, 0.717) is 6.54 Å². The second-order valence-electron chi connectivity index (χ2n) is 5.47. The fourth-order valence-electron chi connectivity index (χ4n) is 2.63. The average molecular weight is 301 g/mol. The SMILES string of the molecule is O=C(NCc1ccc(O)cc1)C1CCC(C(F)(F)F)CC1. The van der Waals surface area contributed by atoms with E-state index in [1.54, 1.807) is 12.1 Å². The van der Waals surface area contributed by atoms with Crippen LogP contribution < -0.4 is 5.32 Å². The van der Waals surface area contributed by atoms with Crippen molar-refractivity contribution in [1.82, 2.24) is 5.32 Å². The Kier molecular flexibility index (Phi) is 4.75. The first-order valence-electron chi connectivity index (χ1n) is 6.98. The van der Waals surface area contributed by atoms with Gasteiger partial charge in [-0.1, -0.05) is 12.1 Å². The van der Waals surface area contributed by atoms with Crippen molar-refractivity contribution in [3.05, 3.63) is 29.8 Å². The van der Waals surface area contributed by atoms with Gasteiger partial charge in [0.2, 0.25) is 5.91 Å². The molecule has 0 unspecified atom stereocenters. The van der Waals surface area contributed by atoms with Crippen LogP contribution in [-0.4, -0.2) is 17.2 Å². The summed E-state index contributed by atoms with van der Waals surface area (Å²) >= 11 is 0. The zero-order chi connectivity index (χ0) is 15.5. The molecule has 2 N–H and O–H groups in total. The number of amides is 1. The van der Waals surface area contributed by atoms with Crippen LogP contribution in [0.2, 0.25) is 0 Å². The molecule has 3 nitrogen and oxygen atoms in total. The molecule has 0 aliphatic heterocycles. The summed E-state index contributed by atoms with van der Waals surface area (Å²) in [6, 6.07) is 6.43. The highest BCUT2D eigenvalue weighted by molar-refractivity contribution is 5.78. The molecule has 1 fully saturated rings. The lowest BCUT2D eigenvalue weighted by atomic mass is 9.81. The average Bonchev–Trinajstić information content (AvgIpc) is 2.45. The van der Waals surface area contributed by atoms with E-state index < -0.39 is 12.1 Å². The van der Waals surface area contributed by atoms with E-state index >= 15 is 0 Å². The molecule has 0 aromatic heterocycles. The number of carbonyl (C=O) groups is 1. The number of halogens is 3. The van der Waals surface area contributed by atoms with Crippen molar-refractivity contribution < 1.29 is 23.1 Å². The molecule has 1 aliphatic rings. The molecule has 116 valence electrons. The zero-order valence-corrected chi connectivity index (χ0v) is 11.5. The molecule has 1 saturated carbocycles. The van der Waals surface area contributed by atoms with Crippen LogP contribution >= 0.6 is 0 Å². The van der Waals surface area contributed by atoms with Gasteiger partial charge in [0, 0.05) is 12.5 Å². The predicted octanol–water partition coefficient (Wildman–Crippen LogP) is 3.38. The Morgan fingerprint density at radius 2 is 1.71 bits per heavy atom. The quantitative estimate of drug-likeness (QED) is 0.899. The van der Waals surface area contributed by atoms with Crippen LogP contribution in [0, 0.1) is 11.8 Å². The first-order chi connectivity index (χ1) is 9.86. The number of carbonyl (C=O) groups excluding carboxylic acids is 1. The van der Waals surface area contributed by atoms with E-state index in [2.05, 4.69) is 5.32 Å². The third kappa shape index (κ3) is 4.37. The molecule has 1 aromatic carbocycles. The molecule has 1 aromatic rings. The maximum atomic E-state index is 12.6. The first kappa shape index (κ1) is 15.7. The number of phenolic OH excluding ortho intramolecular Hbond substituents is 1. The van der Waals surface area contributed by atoms with Crippen molar-refractivity contribution in [3.8, 4) is 5.75 Å². The summed E-state index contributed by atoms with van der Waals surface area (Å²) in [6.45, 7) is 0.318. The first-order valence-corrected chi connectivity index (χ1v) is 6.98. The third-order valence-electron chi connectivity index (χ3n) is 3.96. The Hall–Kier alpha value is -1.72. The summed E-state index contributed by atoms with van der Waals surface area (Å²) < 4.78 is 37.7. The summed E-state index contributed by atoms with van der Waals surface area (Å²) in [7, 11) is 0. The van der Waals surface area contributed by atoms with Crippen molar-refractivity contribution in [2.45, 2.75) is 38.4 Å². The second kappa shape index (κ2) is 6.37. The maximum absolute atomic E-state index is 12.6. The summed E-state index contributed by atoms with van der Waals surface area (Å²) in [5.74, 6) is -1.64. The molecule has 1 aliphatic carbocycles. The zero-order valence-electron chi connectivity index (χ0n) is 11.5. The van der Waals surface area contributed by atoms with E-state index in [4.69, 9.17) is 5.11 Å². The van der Waals surface area contributed by atoms with Crippen molar-refractivity contribution in [3.63, 3.8) is 0 Å². The van der Waals surface area contributed by atoms with Crippen molar-refractivity contribution in [1.29, 1.82) is 0 Å². The molecular weight excluding hydrogens is 283 g/mol. The van der Waals surface area contributed by atoms with Gasteiger partial charge in [-0.25, -0.2) is 0 Å². The van der Waals surface area contributed by atoms with Gasteiger partial charge < -0.3 is 10.4 Å². The maximum Gasteiger partial charge on any atom is 0.391 e. The van der Waals surface area contributed by atoms with E-state index in [0.717, 1.165) is 5.56 Å². The van der Waals surface area contributed by atoms with Gasteiger partial charge in [-0.05, 0) is 43.4 Å². The Labute approximate surface area is 121 Å². The van der Waals surface area contributed by atoms with Gasteiger partial charge in [0.25, 0.3) is 0 Å². The number of benzene rings is 1. The number of alkyl halides is 3. The molecule has 0 radical (unpaired) electrons. The molecule has 2 rings (SSSR count). The number of hydrogen-bond acceptors (Lipinski definition) is 2. The minimum Gasteiger partial charge on any atom is -0.508 e. The molecule has 0 bridgehead atoms. The summed E-state index contributed by atoms with van der Waals surface area (Å²) in [6.07, 6.45) is -3.52. The van der Waals surface area contributed by atoms with Crippen LogP contribution in [0.15, 0.2) is 24.3 Å². The van der Waals surface area contributed by atoms with Crippen LogP contribution in [0.25, 0.3) is 0 Å². The van der Waals surface area contributed by atoms with Crippen molar-refractivity contribution in [2.75, 3.05) is 0 Å². The molecule has 0 heterocycles. The second-order valence-corrected chi connectivity index (χ2v) is 5.47. The smallest absolute Gasteiger partial charge is 0.391 e. The van der Waals surface area contributed by atoms with Gasteiger partial charge >= 0.3 is 6.18 Å². The Bertz CT molecular complexity index is 477. The van der Waals surface area contributed by atoms with E-state index in [-0.39, 0.29) is 43.3 Å². The highest BCUT2D eigenvalue weighted by atomic mass is 19.4. The van der Waals surface area contributed by atoms with Crippen LogP contribution in [0.1, 0.15) is 31.2 Å². The van der Waals surface area contributed by atoms with Gasteiger partial charge in [0.05, 0.1) is 5.92 Å². The molecule has 21 heavy (non-hydrogen) atoms. The van der Waals surface area contributed by atoms with E-state index in [1.165, 1.54) is 12.1 Å². The highest BCUT2D eigenvalue weighted by Crippen LogP contribution is 2.39. The van der Waals surface area contributed by atoms with Gasteiger partial charge in [-0.15, -0.1) is 0 Å². The lowest BCUT2D eigenvalue weighted by Crippen LogP contribution is -2.35. The molecule has 0 spiro atoms. The Morgan fingerprint density at radius 1 is 1.14 bits per heavy atom. The minimum absolute atomic E-state index is 0.0286. The van der Waals surface area contributed by atoms with Crippen molar-refractivity contribution >= 4 is 5.91 Å². The fourth-order valence-corrected chi connectivity index (χ4v) is 2.63. The Balaban J connectivity index is 1.78. The number of nitrogens with one attached hydrogen (secondary N) is 1. The molecular formula is C15H18F3NO2. The molecule has 6 heteroatoms. The van der Waals surface area contributed by atoms with Crippen LogP contribution in [0.3, 0.4) is 0 Å². The summed E-state index contributed by atoms with van der Waals surface area (Å²) in [5, 5.41) is 11.9. The lowest BCUT2D eigenvalue weighted by Gasteiger charge is -2.29. The summed E-state index contributed by atoms with van der Waals surface area (Å²) in [5.41, 5.74) is 0.838. The fraction of sp³-hybridized carbons (Fsp3) is 0.533. The van der Waals surface area contributed by atoms with Gasteiger partial charge in [0.15, 0.2) is 0 Å². The number of hydrogen-bond donors (Lipinski definition) is 2. The van der Waals surface area contributed by atoms with Crippen molar-refractivity contribution in [2.24, 2.45) is 11.8 Å². The minimum atomic E-state index is -4.15. The van der Waals surface area contributed by atoms with Crippen LogP contribution in [0.5, 0.6) is 5.75 Å². The normalized spacial score (nSPS) is 22.8.